The van der Waals surface area contributed by atoms with E-state index < -0.39 is 0 Å². The summed E-state index contributed by atoms with van der Waals surface area (Å²) >= 11 is 4.44. The standard InChI is InChI=1S/C9H19BS/c1-8(2,3)6-7(10)9(4,5)11/h7,11H,6H2,1-5H3. The molecule has 0 saturated heterocycles. The summed E-state index contributed by atoms with van der Waals surface area (Å²) in [7, 11) is 5.96. The number of rotatable bonds is 2. The average molecular weight is 170 g/mol. The molecule has 0 aliphatic carbocycles. The van der Waals surface area contributed by atoms with E-state index in [0.29, 0.717) is 5.41 Å². The Balaban J connectivity index is 3.99. The van der Waals surface area contributed by atoms with Gasteiger partial charge in [0.15, 0.2) is 0 Å². The molecule has 0 bridgehead atoms. The highest BCUT2D eigenvalue weighted by molar-refractivity contribution is 7.81. The summed E-state index contributed by atoms with van der Waals surface area (Å²) in [5.41, 5.74) is 0.305. The van der Waals surface area contributed by atoms with Crippen LogP contribution in [-0.2, 0) is 0 Å². The molecule has 0 spiro atoms. The van der Waals surface area contributed by atoms with Gasteiger partial charge in [-0.3, -0.25) is 0 Å². The fourth-order valence-electron chi connectivity index (χ4n) is 0.910. The lowest BCUT2D eigenvalue weighted by atomic mass is 9.69. The normalized spacial score (nSPS) is 16.5. The quantitative estimate of drug-likeness (QED) is 0.477. The topological polar surface area (TPSA) is 0 Å². The average Bonchev–Trinajstić information content (AvgIpc) is 1.56. The molecule has 0 saturated carbocycles. The first-order chi connectivity index (χ1) is 4.63. The molecule has 0 aliphatic rings. The van der Waals surface area contributed by atoms with Crippen molar-refractivity contribution in [2.75, 3.05) is 0 Å². The van der Waals surface area contributed by atoms with E-state index in [1.54, 1.807) is 0 Å². The summed E-state index contributed by atoms with van der Waals surface area (Å²) in [6, 6.07) is 0. The van der Waals surface area contributed by atoms with Crippen LogP contribution in [0.1, 0.15) is 41.0 Å². The van der Waals surface area contributed by atoms with Crippen LogP contribution < -0.4 is 0 Å². The Hall–Kier alpha value is 0.415. The highest BCUT2D eigenvalue weighted by Gasteiger charge is 2.25. The first-order valence-electron chi connectivity index (χ1n) is 4.11. The Morgan fingerprint density at radius 1 is 1.18 bits per heavy atom. The maximum Gasteiger partial charge on any atom is 0.0718 e. The molecule has 0 aromatic carbocycles. The molecule has 0 aromatic heterocycles. The van der Waals surface area contributed by atoms with Crippen molar-refractivity contribution in [2.45, 2.75) is 51.6 Å². The summed E-state index contributed by atoms with van der Waals surface area (Å²) in [4.78, 5) is 0. The van der Waals surface area contributed by atoms with Gasteiger partial charge in [0.1, 0.15) is 0 Å². The molecular weight excluding hydrogens is 151 g/mol. The van der Waals surface area contributed by atoms with Gasteiger partial charge < -0.3 is 0 Å². The third-order valence-electron chi connectivity index (χ3n) is 1.74. The van der Waals surface area contributed by atoms with Crippen LogP contribution in [0.15, 0.2) is 0 Å². The van der Waals surface area contributed by atoms with Gasteiger partial charge in [0.25, 0.3) is 0 Å². The SMILES string of the molecule is [B]C(CC(C)(C)C)C(C)(C)S. The van der Waals surface area contributed by atoms with Gasteiger partial charge in [-0.15, -0.1) is 0 Å². The lowest BCUT2D eigenvalue weighted by Gasteiger charge is -2.32. The number of thiol groups is 1. The van der Waals surface area contributed by atoms with Crippen molar-refractivity contribution in [1.82, 2.24) is 0 Å². The van der Waals surface area contributed by atoms with Crippen LogP contribution in [0.3, 0.4) is 0 Å². The minimum Gasteiger partial charge on any atom is -0.174 e. The third kappa shape index (κ3) is 5.66. The van der Waals surface area contributed by atoms with Crippen LogP contribution in [0.2, 0.25) is 5.82 Å². The molecule has 0 aliphatic heterocycles. The van der Waals surface area contributed by atoms with Crippen LogP contribution in [0.5, 0.6) is 0 Å². The molecule has 64 valence electrons. The predicted octanol–water partition coefficient (Wildman–Crippen LogP) is 3.09. The Kier molecular flexibility index (Phi) is 3.56. The minimum atomic E-state index is -0.0622. The molecule has 0 nitrogen and oxygen atoms in total. The van der Waals surface area contributed by atoms with E-state index in [4.69, 9.17) is 7.85 Å². The molecule has 0 fully saturated rings. The van der Waals surface area contributed by atoms with Gasteiger partial charge in [-0.2, -0.15) is 12.6 Å². The lowest BCUT2D eigenvalue weighted by molar-refractivity contribution is 0.349. The zero-order valence-electron chi connectivity index (χ0n) is 8.31. The molecule has 2 radical (unpaired) electrons. The van der Waals surface area contributed by atoms with Crippen molar-refractivity contribution in [2.24, 2.45) is 5.41 Å². The Morgan fingerprint density at radius 2 is 1.55 bits per heavy atom. The van der Waals surface area contributed by atoms with Crippen molar-refractivity contribution in [3.63, 3.8) is 0 Å². The van der Waals surface area contributed by atoms with E-state index in [1.165, 1.54) is 0 Å². The second-order valence-electron chi connectivity index (χ2n) is 5.02. The molecular formula is C9H19BS. The molecule has 0 amide bonds. The third-order valence-corrected chi connectivity index (χ3v) is 2.07. The Labute approximate surface area is 78.0 Å². The molecule has 0 N–H and O–H groups in total. The van der Waals surface area contributed by atoms with E-state index in [0.717, 1.165) is 6.42 Å². The van der Waals surface area contributed by atoms with Gasteiger partial charge in [-0.1, -0.05) is 46.9 Å². The Bertz CT molecular complexity index is 119. The fraction of sp³-hybridized carbons (Fsp3) is 1.00. The molecule has 11 heavy (non-hydrogen) atoms. The van der Waals surface area contributed by atoms with Crippen LogP contribution in [0.4, 0.5) is 0 Å². The zero-order chi connectivity index (χ0) is 9.28. The van der Waals surface area contributed by atoms with Crippen LogP contribution in [-0.4, -0.2) is 12.6 Å². The van der Waals surface area contributed by atoms with Crippen LogP contribution >= 0.6 is 12.6 Å². The number of hydrogen-bond acceptors (Lipinski definition) is 1. The molecule has 0 rings (SSSR count). The molecule has 0 heterocycles. The Morgan fingerprint density at radius 3 is 1.64 bits per heavy atom. The second kappa shape index (κ2) is 3.43. The van der Waals surface area contributed by atoms with Gasteiger partial charge in [-0.25, -0.2) is 0 Å². The largest absolute Gasteiger partial charge is 0.174 e. The maximum atomic E-state index is 5.96. The molecule has 1 atom stereocenters. The van der Waals surface area contributed by atoms with Crippen molar-refractivity contribution >= 4 is 20.5 Å². The van der Waals surface area contributed by atoms with Crippen LogP contribution in [0, 0.1) is 5.41 Å². The van der Waals surface area contributed by atoms with E-state index in [2.05, 4.69) is 47.2 Å². The van der Waals surface area contributed by atoms with E-state index in [-0.39, 0.29) is 10.6 Å². The smallest absolute Gasteiger partial charge is 0.0718 e. The van der Waals surface area contributed by atoms with Crippen molar-refractivity contribution in [3.8, 4) is 0 Å². The van der Waals surface area contributed by atoms with Crippen molar-refractivity contribution < 1.29 is 0 Å². The number of hydrogen-bond donors (Lipinski definition) is 1. The van der Waals surface area contributed by atoms with Gasteiger partial charge in [0.2, 0.25) is 0 Å². The lowest BCUT2D eigenvalue weighted by Crippen LogP contribution is -2.24. The zero-order valence-corrected chi connectivity index (χ0v) is 9.20. The fourth-order valence-corrected chi connectivity index (χ4v) is 1.00. The van der Waals surface area contributed by atoms with Crippen molar-refractivity contribution in [3.05, 3.63) is 0 Å². The van der Waals surface area contributed by atoms with Gasteiger partial charge >= 0.3 is 0 Å². The summed E-state index contributed by atoms with van der Waals surface area (Å²) in [6.45, 7) is 10.7. The van der Waals surface area contributed by atoms with E-state index in [1.807, 2.05) is 0 Å². The molecule has 2 heteroatoms. The second-order valence-corrected chi connectivity index (χ2v) is 6.18. The summed E-state index contributed by atoms with van der Waals surface area (Å²) in [5, 5.41) is 0. The maximum absolute atomic E-state index is 5.96. The summed E-state index contributed by atoms with van der Waals surface area (Å²) in [6.07, 6.45) is 1.02. The van der Waals surface area contributed by atoms with Gasteiger partial charge in [0, 0.05) is 4.75 Å². The highest BCUT2D eigenvalue weighted by Crippen LogP contribution is 2.36. The summed E-state index contributed by atoms with van der Waals surface area (Å²) in [5.74, 6) is 0.172. The predicted molar refractivity (Wildman–Crippen MR) is 56.6 cm³/mol. The monoisotopic (exact) mass is 170 g/mol. The van der Waals surface area contributed by atoms with Gasteiger partial charge in [0.05, 0.1) is 7.85 Å². The molecule has 0 aromatic rings. The first kappa shape index (κ1) is 11.4. The highest BCUT2D eigenvalue weighted by atomic mass is 32.1. The van der Waals surface area contributed by atoms with Crippen LogP contribution in [0.25, 0.3) is 0 Å². The first-order valence-corrected chi connectivity index (χ1v) is 4.55. The minimum absolute atomic E-state index is 0.0622. The van der Waals surface area contributed by atoms with Crippen molar-refractivity contribution in [1.29, 1.82) is 0 Å². The summed E-state index contributed by atoms with van der Waals surface area (Å²) < 4.78 is -0.0622. The van der Waals surface area contributed by atoms with E-state index >= 15 is 0 Å². The van der Waals surface area contributed by atoms with Gasteiger partial charge in [-0.05, 0) is 5.41 Å². The molecule has 1 unspecified atom stereocenters. The van der Waals surface area contributed by atoms with E-state index in [9.17, 15) is 0 Å².